The van der Waals surface area contributed by atoms with Crippen molar-refractivity contribution in [2.75, 3.05) is 20.8 Å². The second kappa shape index (κ2) is 8.87. The van der Waals surface area contributed by atoms with Crippen LogP contribution >= 0.6 is 11.3 Å². The lowest BCUT2D eigenvalue weighted by Crippen LogP contribution is -2.33. The molecular formula is C22H25N3O4S. The van der Waals surface area contributed by atoms with E-state index < -0.39 is 0 Å². The van der Waals surface area contributed by atoms with Crippen molar-refractivity contribution in [3.05, 3.63) is 50.9 Å². The first-order chi connectivity index (χ1) is 14.6. The van der Waals surface area contributed by atoms with Crippen molar-refractivity contribution in [3.8, 4) is 11.5 Å². The van der Waals surface area contributed by atoms with Crippen molar-refractivity contribution in [1.29, 1.82) is 0 Å². The molecule has 7 nitrogen and oxygen atoms in total. The SMILES string of the molecule is COc1ccc(CCNC(=O)Cn2cnc3sc4c(c3c2=O)CCCC4)cc1OC. The number of benzene rings is 1. The van der Waals surface area contributed by atoms with Crippen LogP contribution in [0, 0.1) is 0 Å². The molecule has 3 aromatic rings. The molecule has 1 N–H and O–H groups in total. The van der Waals surface area contributed by atoms with Gasteiger partial charge in [-0.2, -0.15) is 0 Å². The summed E-state index contributed by atoms with van der Waals surface area (Å²) in [5, 5.41) is 3.59. The Kier molecular flexibility index (Phi) is 6.03. The highest BCUT2D eigenvalue weighted by Gasteiger charge is 2.20. The molecule has 158 valence electrons. The van der Waals surface area contributed by atoms with Gasteiger partial charge in [-0.25, -0.2) is 4.98 Å². The van der Waals surface area contributed by atoms with Crippen LogP contribution in [0.1, 0.15) is 28.8 Å². The van der Waals surface area contributed by atoms with Crippen LogP contribution in [0.2, 0.25) is 0 Å². The van der Waals surface area contributed by atoms with Crippen LogP contribution in [-0.2, 0) is 30.6 Å². The maximum absolute atomic E-state index is 12.9. The van der Waals surface area contributed by atoms with Crippen molar-refractivity contribution < 1.29 is 14.3 Å². The molecule has 8 heteroatoms. The molecule has 1 amide bonds. The highest BCUT2D eigenvalue weighted by atomic mass is 32.1. The minimum atomic E-state index is -0.206. The number of carbonyl (C=O) groups excluding carboxylic acids is 1. The lowest BCUT2D eigenvalue weighted by molar-refractivity contribution is -0.121. The van der Waals surface area contributed by atoms with Gasteiger partial charge in [0.2, 0.25) is 5.91 Å². The molecule has 0 fully saturated rings. The number of rotatable bonds is 7. The fourth-order valence-corrected chi connectivity index (χ4v) is 5.11. The van der Waals surface area contributed by atoms with Gasteiger partial charge in [-0.1, -0.05) is 6.07 Å². The number of fused-ring (bicyclic) bond motifs is 3. The van der Waals surface area contributed by atoms with E-state index >= 15 is 0 Å². The second-order valence-electron chi connectivity index (χ2n) is 7.36. The summed E-state index contributed by atoms with van der Waals surface area (Å²) in [6, 6.07) is 5.68. The number of nitrogens with one attached hydrogen (secondary N) is 1. The molecule has 0 saturated carbocycles. The predicted octanol–water partition coefficient (Wildman–Crippen LogP) is 2.71. The topological polar surface area (TPSA) is 82.5 Å². The summed E-state index contributed by atoms with van der Waals surface area (Å²) in [4.78, 5) is 31.9. The Morgan fingerprint density at radius 2 is 2.00 bits per heavy atom. The zero-order chi connectivity index (χ0) is 21.1. The van der Waals surface area contributed by atoms with Crippen LogP contribution in [-0.4, -0.2) is 36.2 Å². The van der Waals surface area contributed by atoms with Gasteiger partial charge in [0, 0.05) is 11.4 Å². The summed E-state index contributed by atoms with van der Waals surface area (Å²) >= 11 is 1.61. The number of aryl methyl sites for hydroxylation is 2. The molecule has 30 heavy (non-hydrogen) atoms. The van der Waals surface area contributed by atoms with Gasteiger partial charge >= 0.3 is 0 Å². The van der Waals surface area contributed by atoms with E-state index in [1.165, 1.54) is 15.8 Å². The largest absolute Gasteiger partial charge is 0.493 e. The van der Waals surface area contributed by atoms with Gasteiger partial charge < -0.3 is 14.8 Å². The zero-order valence-electron chi connectivity index (χ0n) is 17.2. The van der Waals surface area contributed by atoms with E-state index in [2.05, 4.69) is 10.3 Å². The third-order valence-corrected chi connectivity index (χ3v) is 6.64. The number of carbonyl (C=O) groups is 1. The van der Waals surface area contributed by atoms with Gasteiger partial charge in [0.1, 0.15) is 11.4 Å². The Bertz CT molecular complexity index is 1140. The third-order valence-electron chi connectivity index (χ3n) is 5.44. The molecule has 0 saturated heterocycles. The number of thiophene rings is 1. The van der Waals surface area contributed by atoms with Crippen molar-refractivity contribution in [1.82, 2.24) is 14.9 Å². The number of hydrogen-bond donors (Lipinski definition) is 1. The Morgan fingerprint density at radius 1 is 1.20 bits per heavy atom. The number of hydrogen-bond acceptors (Lipinski definition) is 6. The fraction of sp³-hybridized carbons (Fsp3) is 0.409. The molecule has 1 aromatic carbocycles. The Labute approximate surface area is 178 Å². The fourth-order valence-electron chi connectivity index (χ4n) is 3.89. The highest BCUT2D eigenvalue weighted by Crippen LogP contribution is 2.33. The monoisotopic (exact) mass is 427 g/mol. The van der Waals surface area contributed by atoms with Crippen molar-refractivity contribution >= 4 is 27.5 Å². The van der Waals surface area contributed by atoms with Gasteiger partial charge in [-0.15, -0.1) is 11.3 Å². The van der Waals surface area contributed by atoms with Crippen LogP contribution in [0.15, 0.2) is 29.3 Å². The molecule has 0 spiro atoms. The van der Waals surface area contributed by atoms with E-state index in [1.54, 1.807) is 25.6 Å². The van der Waals surface area contributed by atoms with E-state index in [1.807, 2.05) is 18.2 Å². The first kappa shape index (κ1) is 20.4. The zero-order valence-corrected chi connectivity index (χ0v) is 18.0. The first-order valence-corrected chi connectivity index (χ1v) is 10.9. The van der Waals surface area contributed by atoms with Crippen LogP contribution in [0.4, 0.5) is 0 Å². The molecule has 0 bridgehead atoms. The van der Waals surface area contributed by atoms with Crippen LogP contribution in [0.25, 0.3) is 10.2 Å². The smallest absolute Gasteiger partial charge is 0.262 e. The molecule has 0 radical (unpaired) electrons. The van der Waals surface area contributed by atoms with Crippen molar-refractivity contribution in [3.63, 3.8) is 0 Å². The summed E-state index contributed by atoms with van der Waals surface area (Å²) < 4.78 is 12.0. The number of methoxy groups -OCH3 is 2. The van der Waals surface area contributed by atoms with E-state index in [0.717, 1.165) is 41.6 Å². The van der Waals surface area contributed by atoms with Gasteiger partial charge in [-0.05, 0) is 55.4 Å². The summed E-state index contributed by atoms with van der Waals surface area (Å²) in [5.74, 6) is 1.12. The van der Waals surface area contributed by atoms with E-state index in [9.17, 15) is 9.59 Å². The first-order valence-electron chi connectivity index (χ1n) is 10.1. The van der Waals surface area contributed by atoms with Gasteiger partial charge in [-0.3, -0.25) is 14.2 Å². The average molecular weight is 428 g/mol. The van der Waals surface area contributed by atoms with Crippen LogP contribution in [0.3, 0.4) is 0 Å². The van der Waals surface area contributed by atoms with Gasteiger partial charge in [0.05, 0.1) is 25.9 Å². The number of ether oxygens (including phenoxy) is 2. The molecule has 1 aliphatic rings. The number of amides is 1. The lowest BCUT2D eigenvalue weighted by atomic mass is 9.97. The molecule has 0 atom stereocenters. The van der Waals surface area contributed by atoms with Crippen LogP contribution in [0.5, 0.6) is 11.5 Å². The minimum absolute atomic E-state index is 0.0294. The second-order valence-corrected chi connectivity index (χ2v) is 8.44. The Hall–Kier alpha value is -2.87. The molecule has 2 heterocycles. The quantitative estimate of drug-likeness (QED) is 0.627. The predicted molar refractivity (Wildman–Crippen MR) is 117 cm³/mol. The van der Waals surface area contributed by atoms with Crippen molar-refractivity contribution in [2.45, 2.75) is 38.6 Å². The average Bonchev–Trinajstić information content (AvgIpc) is 3.15. The van der Waals surface area contributed by atoms with E-state index in [-0.39, 0.29) is 18.0 Å². The van der Waals surface area contributed by atoms with E-state index in [0.29, 0.717) is 29.9 Å². The minimum Gasteiger partial charge on any atom is -0.493 e. The van der Waals surface area contributed by atoms with Crippen LogP contribution < -0.4 is 20.3 Å². The normalized spacial score (nSPS) is 13.1. The standard InChI is InChI=1S/C22H25N3O4S/c1-28-16-8-7-14(11-17(16)29-2)9-10-23-19(26)12-25-13-24-21-20(22(25)27)15-5-3-4-6-18(15)30-21/h7-8,11,13H,3-6,9-10,12H2,1-2H3,(H,23,26). The summed E-state index contributed by atoms with van der Waals surface area (Å²) in [5.41, 5.74) is 2.05. The van der Waals surface area contributed by atoms with Crippen molar-refractivity contribution in [2.24, 2.45) is 0 Å². The summed E-state index contributed by atoms with van der Waals surface area (Å²) in [7, 11) is 3.19. The number of nitrogens with zero attached hydrogens (tertiary/aromatic N) is 2. The molecule has 2 aromatic heterocycles. The lowest BCUT2D eigenvalue weighted by Gasteiger charge is -2.11. The molecular weight excluding hydrogens is 402 g/mol. The Morgan fingerprint density at radius 3 is 2.80 bits per heavy atom. The summed E-state index contributed by atoms with van der Waals surface area (Å²) in [6.45, 7) is 0.435. The van der Waals surface area contributed by atoms with E-state index in [4.69, 9.17) is 9.47 Å². The Balaban J connectivity index is 1.40. The van der Waals surface area contributed by atoms with Gasteiger partial charge in [0.15, 0.2) is 11.5 Å². The molecule has 0 unspecified atom stereocenters. The highest BCUT2D eigenvalue weighted by molar-refractivity contribution is 7.18. The third kappa shape index (κ3) is 4.05. The maximum atomic E-state index is 12.9. The summed E-state index contributed by atoms with van der Waals surface area (Å²) in [6.07, 6.45) is 6.34. The number of aromatic nitrogens is 2. The molecule has 4 rings (SSSR count). The molecule has 1 aliphatic carbocycles. The maximum Gasteiger partial charge on any atom is 0.262 e. The molecule has 0 aliphatic heterocycles. The van der Waals surface area contributed by atoms with Gasteiger partial charge in [0.25, 0.3) is 5.56 Å².